The van der Waals surface area contributed by atoms with Crippen LogP contribution in [0.25, 0.3) is 0 Å². The van der Waals surface area contributed by atoms with E-state index in [2.05, 4.69) is 10.3 Å². The quantitative estimate of drug-likeness (QED) is 0.661. The van der Waals surface area contributed by atoms with Crippen LogP contribution in [0.15, 0.2) is 6.20 Å². The number of nitrogens with one attached hydrogen (secondary N) is 1. The van der Waals surface area contributed by atoms with Gasteiger partial charge >= 0.3 is 0 Å². The van der Waals surface area contributed by atoms with Crippen molar-refractivity contribution in [3.8, 4) is 0 Å². The number of pyridine rings is 1. The van der Waals surface area contributed by atoms with Crippen molar-refractivity contribution in [2.24, 2.45) is 0 Å². The van der Waals surface area contributed by atoms with Crippen LogP contribution in [-0.2, 0) is 0 Å². The second kappa shape index (κ2) is 3.05. The van der Waals surface area contributed by atoms with Gasteiger partial charge in [0.25, 0.3) is 0 Å². The van der Waals surface area contributed by atoms with Crippen molar-refractivity contribution < 1.29 is 4.39 Å². The minimum atomic E-state index is -0.492. The molecule has 0 bridgehead atoms. The number of hydrogen-bond donors (Lipinski definition) is 1. The third-order valence-corrected chi connectivity index (χ3v) is 1.68. The summed E-state index contributed by atoms with van der Waals surface area (Å²) < 4.78 is 13.0. The minimum absolute atomic E-state index is 0.0973. The maximum absolute atomic E-state index is 13.0. The van der Waals surface area contributed by atoms with Gasteiger partial charge in [0.2, 0.25) is 0 Å². The third kappa shape index (κ3) is 1.43. The Labute approximate surface area is 69.4 Å². The average molecular weight is 175 g/mol. The Morgan fingerprint density at radius 3 is 2.73 bits per heavy atom. The van der Waals surface area contributed by atoms with Crippen LogP contribution < -0.4 is 5.32 Å². The van der Waals surface area contributed by atoms with Crippen molar-refractivity contribution in [2.45, 2.75) is 6.92 Å². The molecular weight excluding hydrogens is 167 g/mol. The van der Waals surface area contributed by atoms with Gasteiger partial charge in [-0.2, -0.15) is 0 Å². The maximum atomic E-state index is 13.0. The zero-order chi connectivity index (χ0) is 8.43. The van der Waals surface area contributed by atoms with Crippen molar-refractivity contribution in [1.82, 2.24) is 4.98 Å². The summed E-state index contributed by atoms with van der Waals surface area (Å²) in [6.07, 6.45) is 1.53. The van der Waals surface area contributed by atoms with Gasteiger partial charge in [0.1, 0.15) is 0 Å². The first-order chi connectivity index (χ1) is 5.16. The number of nitrogens with zero attached hydrogens (tertiary/aromatic N) is 1. The van der Waals surface area contributed by atoms with E-state index in [1.165, 1.54) is 6.20 Å². The highest BCUT2D eigenvalue weighted by Gasteiger charge is 2.08. The molecule has 1 aromatic heterocycles. The minimum Gasteiger partial charge on any atom is -0.385 e. The Morgan fingerprint density at radius 1 is 1.64 bits per heavy atom. The van der Waals surface area contributed by atoms with Gasteiger partial charge in [0.15, 0.2) is 11.0 Å². The highest BCUT2D eigenvalue weighted by atomic mass is 35.5. The number of anilines is 1. The molecule has 1 aromatic rings. The summed E-state index contributed by atoms with van der Waals surface area (Å²) in [6, 6.07) is 0. The van der Waals surface area contributed by atoms with Gasteiger partial charge in [0, 0.05) is 13.2 Å². The van der Waals surface area contributed by atoms with Gasteiger partial charge in [-0.1, -0.05) is 11.6 Å². The van der Waals surface area contributed by atoms with Crippen LogP contribution in [-0.4, -0.2) is 12.0 Å². The van der Waals surface area contributed by atoms with Crippen molar-refractivity contribution >= 4 is 17.3 Å². The number of halogens is 2. The molecule has 2 nitrogen and oxygen atoms in total. The van der Waals surface area contributed by atoms with E-state index < -0.39 is 5.82 Å². The third-order valence-electron chi connectivity index (χ3n) is 1.42. The lowest BCUT2D eigenvalue weighted by atomic mass is 10.2. The summed E-state index contributed by atoms with van der Waals surface area (Å²) in [4.78, 5) is 3.64. The Kier molecular flexibility index (Phi) is 2.29. The lowest BCUT2D eigenvalue weighted by molar-refractivity contribution is 0.624. The number of aromatic nitrogens is 1. The van der Waals surface area contributed by atoms with Crippen LogP contribution in [0, 0.1) is 12.7 Å². The molecule has 1 rings (SSSR count). The topological polar surface area (TPSA) is 24.9 Å². The molecule has 0 aliphatic rings. The average Bonchev–Trinajstić information content (AvgIpc) is 1.99. The fourth-order valence-electron chi connectivity index (χ4n) is 0.858. The number of hydrogen-bond acceptors (Lipinski definition) is 2. The molecule has 0 unspecified atom stereocenters. The van der Waals surface area contributed by atoms with E-state index in [9.17, 15) is 4.39 Å². The Morgan fingerprint density at radius 2 is 2.27 bits per heavy atom. The zero-order valence-corrected chi connectivity index (χ0v) is 7.04. The van der Waals surface area contributed by atoms with E-state index in [1.54, 1.807) is 14.0 Å². The summed E-state index contributed by atoms with van der Waals surface area (Å²) in [5.74, 6) is -0.492. The van der Waals surface area contributed by atoms with E-state index in [-0.39, 0.29) is 5.15 Å². The van der Waals surface area contributed by atoms with Crippen LogP contribution in [0.5, 0.6) is 0 Å². The lowest BCUT2D eigenvalue weighted by Gasteiger charge is -2.05. The number of aryl methyl sites for hydroxylation is 1. The van der Waals surface area contributed by atoms with Gasteiger partial charge in [-0.3, -0.25) is 0 Å². The lowest BCUT2D eigenvalue weighted by Crippen LogP contribution is -1.97. The van der Waals surface area contributed by atoms with Gasteiger partial charge in [-0.25, -0.2) is 9.37 Å². The first-order valence-electron chi connectivity index (χ1n) is 3.15. The molecule has 0 aliphatic heterocycles. The second-order valence-corrected chi connectivity index (χ2v) is 2.53. The normalized spacial score (nSPS) is 9.82. The molecule has 0 aliphatic carbocycles. The highest BCUT2D eigenvalue weighted by molar-refractivity contribution is 6.29. The summed E-state index contributed by atoms with van der Waals surface area (Å²) in [7, 11) is 1.64. The predicted molar refractivity (Wildman–Crippen MR) is 43.5 cm³/mol. The van der Waals surface area contributed by atoms with Gasteiger partial charge < -0.3 is 5.32 Å². The van der Waals surface area contributed by atoms with E-state index in [0.29, 0.717) is 5.69 Å². The molecule has 0 saturated carbocycles. The molecule has 0 spiro atoms. The summed E-state index contributed by atoms with van der Waals surface area (Å²) in [5, 5.41) is 2.61. The van der Waals surface area contributed by atoms with E-state index in [4.69, 9.17) is 11.6 Å². The predicted octanol–water partition coefficient (Wildman–Crippen LogP) is 2.22. The van der Waals surface area contributed by atoms with E-state index in [1.807, 2.05) is 0 Å². The largest absolute Gasteiger partial charge is 0.385 e. The van der Waals surface area contributed by atoms with Crippen molar-refractivity contribution in [3.05, 3.63) is 22.7 Å². The van der Waals surface area contributed by atoms with Crippen LogP contribution in [0.3, 0.4) is 0 Å². The highest BCUT2D eigenvalue weighted by Crippen LogP contribution is 2.22. The molecule has 0 aromatic carbocycles. The summed E-state index contributed by atoms with van der Waals surface area (Å²) >= 11 is 5.44. The Hall–Kier alpha value is -0.830. The smallest absolute Gasteiger partial charge is 0.183 e. The van der Waals surface area contributed by atoms with Gasteiger partial charge in [-0.15, -0.1) is 0 Å². The van der Waals surface area contributed by atoms with E-state index >= 15 is 0 Å². The molecule has 0 saturated heterocycles. The molecule has 60 valence electrons. The summed E-state index contributed by atoms with van der Waals surface area (Å²) in [5.41, 5.74) is 1.15. The van der Waals surface area contributed by atoms with Gasteiger partial charge in [-0.05, 0) is 12.5 Å². The van der Waals surface area contributed by atoms with Crippen molar-refractivity contribution in [2.75, 3.05) is 12.4 Å². The Balaban J connectivity index is 3.29. The summed E-state index contributed by atoms with van der Waals surface area (Å²) in [6.45, 7) is 1.76. The number of rotatable bonds is 1. The van der Waals surface area contributed by atoms with Crippen LogP contribution in [0.1, 0.15) is 5.56 Å². The van der Waals surface area contributed by atoms with E-state index in [0.717, 1.165) is 5.56 Å². The van der Waals surface area contributed by atoms with Crippen molar-refractivity contribution in [3.63, 3.8) is 0 Å². The zero-order valence-electron chi connectivity index (χ0n) is 6.28. The molecule has 1 heterocycles. The first kappa shape index (κ1) is 8.27. The maximum Gasteiger partial charge on any atom is 0.183 e. The molecule has 0 fully saturated rings. The fourth-order valence-corrected chi connectivity index (χ4v) is 1.00. The standard InChI is InChI=1S/C7H8ClFN2/c1-4-3-11-7(8)5(9)6(4)10-2/h3H,1-2H3,(H,10,11). The fraction of sp³-hybridized carbons (Fsp3) is 0.286. The van der Waals surface area contributed by atoms with Crippen LogP contribution >= 0.6 is 11.6 Å². The second-order valence-electron chi connectivity index (χ2n) is 2.17. The Bertz CT molecular complexity index is 275. The first-order valence-corrected chi connectivity index (χ1v) is 3.53. The molecule has 0 atom stereocenters. The molecule has 4 heteroatoms. The molecule has 0 radical (unpaired) electrons. The van der Waals surface area contributed by atoms with Crippen LogP contribution in [0.4, 0.5) is 10.1 Å². The monoisotopic (exact) mass is 174 g/mol. The molecular formula is C7H8ClFN2. The molecule has 0 amide bonds. The SMILES string of the molecule is CNc1c(C)cnc(Cl)c1F. The van der Waals surface area contributed by atoms with Crippen molar-refractivity contribution in [1.29, 1.82) is 0 Å². The van der Waals surface area contributed by atoms with Crippen LogP contribution in [0.2, 0.25) is 5.15 Å². The molecule has 11 heavy (non-hydrogen) atoms. The molecule has 1 N–H and O–H groups in total. The van der Waals surface area contributed by atoms with Gasteiger partial charge in [0.05, 0.1) is 5.69 Å².